The second-order valence-corrected chi connectivity index (χ2v) is 11.6. The molecule has 3 N–H and O–H groups in total. The van der Waals surface area contributed by atoms with Gasteiger partial charge in [-0.2, -0.15) is 13.2 Å². The van der Waals surface area contributed by atoms with Crippen LogP contribution in [0.1, 0.15) is 54.1 Å². The molecule has 0 radical (unpaired) electrons. The molecule has 0 aromatic heterocycles. The number of amides is 3. The third-order valence-electron chi connectivity index (χ3n) is 8.22. The summed E-state index contributed by atoms with van der Waals surface area (Å²) in [5.74, 6) is -1.23. The van der Waals surface area contributed by atoms with E-state index in [-0.39, 0.29) is 23.6 Å². The van der Waals surface area contributed by atoms with E-state index >= 15 is 0 Å². The van der Waals surface area contributed by atoms with E-state index in [4.69, 9.17) is 0 Å². The fraction of sp³-hybridized carbons (Fsp3) is 0.250. The largest absolute Gasteiger partial charge is 0.508 e. The first-order chi connectivity index (χ1) is 21.8. The summed E-state index contributed by atoms with van der Waals surface area (Å²) in [5.41, 5.74) is 5.41. The van der Waals surface area contributed by atoms with Gasteiger partial charge in [0.15, 0.2) is 0 Å². The average molecular weight is 630 g/mol. The molecule has 3 amide bonds. The smallest absolute Gasteiger partial charge is 0.416 e. The number of phenols is 1. The van der Waals surface area contributed by atoms with Gasteiger partial charge in [-0.05, 0) is 96.1 Å². The summed E-state index contributed by atoms with van der Waals surface area (Å²) in [6.07, 6.45) is -3.98. The van der Waals surface area contributed by atoms with Crippen LogP contribution in [-0.4, -0.2) is 47.4 Å². The summed E-state index contributed by atoms with van der Waals surface area (Å²) in [6, 6.07) is 19.3. The van der Waals surface area contributed by atoms with Gasteiger partial charge in [0.2, 0.25) is 5.91 Å². The maximum absolute atomic E-state index is 13.9. The Kier molecular flexibility index (Phi) is 9.18. The van der Waals surface area contributed by atoms with Crippen molar-refractivity contribution in [1.29, 1.82) is 0 Å². The number of nitrogens with zero attached hydrogens (tertiary/aromatic N) is 1. The quantitative estimate of drug-likeness (QED) is 0.234. The highest BCUT2D eigenvalue weighted by atomic mass is 19.4. The number of alkyl halides is 3. The number of benzene rings is 4. The van der Waals surface area contributed by atoms with Crippen molar-refractivity contribution in [3.05, 3.63) is 123 Å². The van der Waals surface area contributed by atoms with E-state index in [2.05, 4.69) is 10.6 Å². The lowest BCUT2D eigenvalue weighted by Gasteiger charge is -2.29. The highest BCUT2D eigenvalue weighted by Crippen LogP contribution is 2.31. The summed E-state index contributed by atoms with van der Waals surface area (Å²) >= 11 is 0. The first-order valence-corrected chi connectivity index (χ1v) is 14.8. The number of nitrogens with one attached hydrogen (secondary N) is 2. The van der Waals surface area contributed by atoms with Crippen LogP contribution in [0.4, 0.5) is 13.2 Å². The van der Waals surface area contributed by atoms with E-state index in [1.807, 2.05) is 32.0 Å². The van der Waals surface area contributed by atoms with E-state index in [0.717, 1.165) is 39.9 Å². The molecule has 0 fully saturated rings. The molecular formula is C36H34F3N3O4. The van der Waals surface area contributed by atoms with Crippen LogP contribution in [0.3, 0.4) is 0 Å². The Bertz CT molecular complexity index is 1800. The monoisotopic (exact) mass is 629 g/mol. The molecule has 4 aromatic carbocycles. The SMILES string of the molecule is CNC(=O)C(Cc1ccc(C(F)(F)F)cc1)NC(=O)c1cc(C(=O)N2CCc3cc(O)ccc3C2)cc(-c2cc(C)ccc2C)c1. The van der Waals surface area contributed by atoms with E-state index in [1.54, 1.807) is 35.2 Å². The zero-order chi connectivity index (χ0) is 33.2. The summed E-state index contributed by atoms with van der Waals surface area (Å²) < 4.78 is 39.2. The van der Waals surface area contributed by atoms with Crippen molar-refractivity contribution in [3.63, 3.8) is 0 Å². The van der Waals surface area contributed by atoms with Crippen LogP contribution < -0.4 is 10.6 Å². The third-order valence-corrected chi connectivity index (χ3v) is 8.22. The normalized spacial score (nSPS) is 13.5. The topological polar surface area (TPSA) is 98.7 Å². The molecular weight excluding hydrogens is 595 g/mol. The zero-order valence-electron chi connectivity index (χ0n) is 25.7. The average Bonchev–Trinajstić information content (AvgIpc) is 3.04. The molecule has 0 aliphatic carbocycles. The fourth-order valence-corrected chi connectivity index (χ4v) is 5.67. The molecule has 46 heavy (non-hydrogen) atoms. The number of likely N-dealkylation sites (N-methyl/N-ethyl adjacent to an activating group) is 1. The molecule has 10 heteroatoms. The molecule has 7 nitrogen and oxygen atoms in total. The maximum atomic E-state index is 13.9. The van der Waals surface area contributed by atoms with Crippen LogP contribution in [0.15, 0.2) is 78.9 Å². The van der Waals surface area contributed by atoms with Gasteiger partial charge in [0.05, 0.1) is 5.56 Å². The number of phenolic OH excluding ortho intramolecular Hbond substituents is 1. The maximum Gasteiger partial charge on any atom is 0.416 e. The number of hydrogen-bond acceptors (Lipinski definition) is 4. The third kappa shape index (κ3) is 7.22. The number of aromatic hydroxyl groups is 1. The molecule has 1 aliphatic heterocycles. The molecule has 5 rings (SSSR count). The highest BCUT2D eigenvalue weighted by Gasteiger charge is 2.30. The van der Waals surface area contributed by atoms with E-state index < -0.39 is 29.6 Å². The minimum atomic E-state index is -4.50. The number of carbonyl (C=O) groups is 3. The summed E-state index contributed by atoms with van der Waals surface area (Å²) in [7, 11) is 1.41. The minimum Gasteiger partial charge on any atom is -0.508 e. The van der Waals surface area contributed by atoms with E-state index in [9.17, 15) is 32.7 Å². The number of halogens is 3. The van der Waals surface area contributed by atoms with Crippen LogP contribution in [-0.2, 0) is 30.4 Å². The highest BCUT2D eigenvalue weighted by molar-refractivity contribution is 6.03. The minimum absolute atomic E-state index is 0.0469. The van der Waals surface area contributed by atoms with Gasteiger partial charge in [-0.25, -0.2) is 0 Å². The molecule has 0 spiro atoms. The second kappa shape index (κ2) is 13.1. The van der Waals surface area contributed by atoms with Gasteiger partial charge in [-0.15, -0.1) is 0 Å². The Morgan fingerprint density at radius 2 is 1.61 bits per heavy atom. The van der Waals surface area contributed by atoms with Crippen molar-refractivity contribution >= 4 is 17.7 Å². The van der Waals surface area contributed by atoms with Crippen molar-refractivity contribution in [2.75, 3.05) is 13.6 Å². The Morgan fingerprint density at radius 1 is 0.891 bits per heavy atom. The van der Waals surface area contributed by atoms with Gasteiger partial charge in [-0.1, -0.05) is 42.0 Å². The fourth-order valence-electron chi connectivity index (χ4n) is 5.67. The van der Waals surface area contributed by atoms with Gasteiger partial charge in [0, 0.05) is 37.7 Å². The molecule has 0 saturated heterocycles. The number of carbonyl (C=O) groups excluding carboxylic acids is 3. The van der Waals surface area contributed by atoms with Crippen molar-refractivity contribution < 1.29 is 32.7 Å². The van der Waals surface area contributed by atoms with Crippen molar-refractivity contribution in [1.82, 2.24) is 15.5 Å². The van der Waals surface area contributed by atoms with Gasteiger partial charge in [0.1, 0.15) is 11.8 Å². The molecule has 4 aromatic rings. The standard InChI is InChI=1S/C36H34F3N3O4/c1-21-4-5-22(2)31(14-21)26-16-27(18-28(17-26)35(46)42-13-12-24-19-30(43)11-8-25(24)20-42)33(44)41-32(34(45)40-3)15-23-6-9-29(10-7-23)36(37,38)39/h4-11,14,16-19,32,43H,12-13,15,20H2,1-3H3,(H,40,45)(H,41,44). The van der Waals surface area contributed by atoms with Crippen LogP contribution in [0, 0.1) is 13.8 Å². The summed E-state index contributed by atoms with van der Waals surface area (Å²) in [6.45, 7) is 4.65. The van der Waals surface area contributed by atoms with Gasteiger partial charge < -0.3 is 20.6 Å². The lowest BCUT2D eigenvalue weighted by Crippen LogP contribution is -2.47. The van der Waals surface area contributed by atoms with E-state index in [1.165, 1.54) is 25.2 Å². The first kappa shape index (κ1) is 32.3. The first-order valence-electron chi connectivity index (χ1n) is 14.8. The van der Waals surface area contributed by atoms with Gasteiger partial charge in [0.25, 0.3) is 11.8 Å². The van der Waals surface area contributed by atoms with Gasteiger partial charge in [-0.3, -0.25) is 14.4 Å². The van der Waals surface area contributed by atoms with Crippen LogP contribution >= 0.6 is 0 Å². The Morgan fingerprint density at radius 3 is 2.30 bits per heavy atom. The zero-order valence-corrected chi connectivity index (χ0v) is 25.7. The Balaban J connectivity index is 1.47. The number of fused-ring (bicyclic) bond motifs is 1. The number of aryl methyl sites for hydroxylation is 2. The lowest BCUT2D eigenvalue weighted by atomic mass is 9.93. The molecule has 1 atom stereocenters. The Labute approximate surface area is 265 Å². The lowest BCUT2D eigenvalue weighted by molar-refractivity contribution is -0.137. The van der Waals surface area contributed by atoms with Crippen LogP contribution in [0.5, 0.6) is 5.75 Å². The second-order valence-electron chi connectivity index (χ2n) is 11.6. The van der Waals surface area contributed by atoms with Crippen LogP contribution in [0.25, 0.3) is 11.1 Å². The van der Waals surface area contributed by atoms with Crippen molar-refractivity contribution in [2.45, 2.75) is 45.5 Å². The van der Waals surface area contributed by atoms with E-state index in [0.29, 0.717) is 36.2 Å². The Hall–Kier alpha value is -5.12. The molecule has 1 heterocycles. The molecule has 1 aliphatic rings. The number of rotatable bonds is 7. The van der Waals surface area contributed by atoms with Crippen LogP contribution in [0.2, 0.25) is 0 Å². The number of hydrogen-bond donors (Lipinski definition) is 3. The molecule has 238 valence electrons. The molecule has 1 unspecified atom stereocenters. The summed E-state index contributed by atoms with van der Waals surface area (Å²) in [4.78, 5) is 42.1. The van der Waals surface area contributed by atoms with Gasteiger partial charge >= 0.3 is 6.18 Å². The molecule has 0 saturated carbocycles. The van der Waals surface area contributed by atoms with Crippen molar-refractivity contribution in [2.24, 2.45) is 0 Å². The predicted molar refractivity (Wildman–Crippen MR) is 168 cm³/mol. The predicted octanol–water partition coefficient (Wildman–Crippen LogP) is 5.98. The summed E-state index contributed by atoms with van der Waals surface area (Å²) in [5, 5.41) is 15.1. The van der Waals surface area contributed by atoms with Crippen molar-refractivity contribution in [3.8, 4) is 16.9 Å². The molecule has 0 bridgehead atoms.